The van der Waals surface area contributed by atoms with Gasteiger partial charge in [0.15, 0.2) is 0 Å². The molecular weight excluding hydrogens is 400 g/mol. The Morgan fingerprint density at radius 2 is 1.70 bits per heavy atom. The number of nitrogens with zero attached hydrogens (tertiary/aromatic N) is 3. The Kier molecular flexibility index (Phi) is 6.03. The first kappa shape index (κ1) is 20.4. The Morgan fingerprint density at radius 1 is 1.03 bits per heavy atom. The summed E-state index contributed by atoms with van der Waals surface area (Å²) in [6, 6.07) is 5.32. The molecule has 1 N–H and O–H groups in total. The van der Waals surface area contributed by atoms with E-state index < -0.39 is 0 Å². The Bertz CT molecular complexity index is 1040. The van der Waals surface area contributed by atoms with E-state index in [-0.39, 0.29) is 5.91 Å². The van der Waals surface area contributed by atoms with Crippen molar-refractivity contribution in [1.29, 1.82) is 0 Å². The number of nitrogens with one attached hydrogen (secondary N) is 1. The number of rotatable bonds is 5. The van der Waals surface area contributed by atoms with E-state index in [2.05, 4.69) is 20.2 Å². The van der Waals surface area contributed by atoms with Crippen molar-refractivity contribution in [1.82, 2.24) is 9.97 Å². The van der Waals surface area contributed by atoms with Crippen LogP contribution in [-0.2, 0) is 0 Å². The summed E-state index contributed by atoms with van der Waals surface area (Å²) in [7, 11) is 3.17. The summed E-state index contributed by atoms with van der Waals surface area (Å²) in [5, 5.41) is 3.84. The summed E-state index contributed by atoms with van der Waals surface area (Å²) >= 11 is 1.53. The van der Waals surface area contributed by atoms with Crippen molar-refractivity contribution in [3.63, 3.8) is 0 Å². The Labute approximate surface area is 180 Å². The summed E-state index contributed by atoms with van der Waals surface area (Å²) in [6.45, 7) is 3.87. The number of amides is 1. The van der Waals surface area contributed by atoms with Crippen LogP contribution in [0.25, 0.3) is 10.2 Å². The molecule has 0 bridgehead atoms. The Morgan fingerprint density at radius 3 is 2.33 bits per heavy atom. The number of fused-ring (bicyclic) bond motifs is 1. The van der Waals surface area contributed by atoms with Crippen LogP contribution in [-0.4, -0.2) is 43.2 Å². The van der Waals surface area contributed by atoms with Crippen LogP contribution in [0, 0.1) is 6.92 Å². The average Bonchev–Trinajstić information content (AvgIpc) is 2.91. The number of carbonyl (C=O) groups excluding carboxylic acids is 1. The third-order valence-corrected chi connectivity index (χ3v) is 6.40. The zero-order valence-electron chi connectivity index (χ0n) is 17.5. The molecule has 1 aliphatic rings. The van der Waals surface area contributed by atoms with Gasteiger partial charge in [0.25, 0.3) is 5.91 Å². The maximum absolute atomic E-state index is 13.4. The molecule has 1 amide bonds. The molecular formula is C22H26N4O3S. The molecule has 0 radical (unpaired) electrons. The SMILES string of the molecule is COc1cc(NC(=O)c2c(C)sc3ncnc(N4CCCCCC4)c23)cc(OC)c1. The minimum absolute atomic E-state index is 0.181. The van der Waals surface area contributed by atoms with E-state index in [1.807, 2.05) is 6.92 Å². The summed E-state index contributed by atoms with van der Waals surface area (Å²) < 4.78 is 10.6. The van der Waals surface area contributed by atoms with Crippen molar-refractivity contribution < 1.29 is 14.3 Å². The second-order valence-electron chi connectivity index (χ2n) is 7.37. The second kappa shape index (κ2) is 8.87. The highest BCUT2D eigenvalue weighted by Crippen LogP contribution is 2.36. The first-order chi connectivity index (χ1) is 14.6. The third kappa shape index (κ3) is 4.05. The number of anilines is 2. The van der Waals surface area contributed by atoms with E-state index in [9.17, 15) is 4.79 Å². The van der Waals surface area contributed by atoms with Crippen LogP contribution in [0.15, 0.2) is 24.5 Å². The van der Waals surface area contributed by atoms with Gasteiger partial charge in [0.1, 0.15) is 28.5 Å². The van der Waals surface area contributed by atoms with Gasteiger partial charge in [-0.05, 0) is 19.8 Å². The van der Waals surface area contributed by atoms with Crippen molar-refractivity contribution in [2.45, 2.75) is 32.6 Å². The summed E-state index contributed by atoms with van der Waals surface area (Å²) in [5.41, 5.74) is 1.25. The smallest absolute Gasteiger partial charge is 0.257 e. The van der Waals surface area contributed by atoms with Crippen molar-refractivity contribution in [2.75, 3.05) is 37.5 Å². The van der Waals surface area contributed by atoms with Crippen LogP contribution in [0.3, 0.4) is 0 Å². The molecule has 3 aromatic rings. The molecule has 0 atom stereocenters. The van der Waals surface area contributed by atoms with Crippen LogP contribution in [0.2, 0.25) is 0 Å². The normalized spacial score (nSPS) is 14.4. The third-order valence-electron chi connectivity index (χ3n) is 5.39. The average molecular weight is 427 g/mol. The van der Waals surface area contributed by atoms with Gasteiger partial charge in [-0.15, -0.1) is 11.3 Å². The van der Waals surface area contributed by atoms with Gasteiger partial charge in [0, 0.05) is 41.9 Å². The van der Waals surface area contributed by atoms with E-state index in [1.54, 1.807) is 38.7 Å². The fourth-order valence-corrected chi connectivity index (χ4v) is 4.88. The standard InChI is InChI=1S/C22H26N4O3S/c1-14-18(21(27)25-15-10-16(28-2)12-17(11-15)29-3)19-20(23-13-24-22(19)30-14)26-8-6-4-5-7-9-26/h10-13H,4-9H2,1-3H3,(H,25,27). The topological polar surface area (TPSA) is 76.6 Å². The zero-order chi connectivity index (χ0) is 21.1. The van der Waals surface area contributed by atoms with Gasteiger partial charge < -0.3 is 19.7 Å². The lowest BCUT2D eigenvalue weighted by molar-refractivity contribution is 0.102. The summed E-state index contributed by atoms with van der Waals surface area (Å²) in [5.74, 6) is 1.91. The van der Waals surface area contributed by atoms with Crippen LogP contribution < -0.4 is 19.7 Å². The van der Waals surface area contributed by atoms with Gasteiger partial charge in [-0.25, -0.2) is 9.97 Å². The predicted octanol–water partition coefficient (Wildman–Crippen LogP) is 4.65. The number of hydrogen-bond acceptors (Lipinski definition) is 7. The molecule has 0 saturated carbocycles. The van der Waals surface area contributed by atoms with E-state index >= 15 is 0 Å². The van der Waals surface area contributed by atoms with Crippen LogP contribution >= 0.6 is 11.3 Å². The number of hydrogen-bond donors (Lipinski definition) is 1. The number of thiophene rings is 1. The highest BCUT2D eigenvalue weighted by Gasteiger charge is 2.24. The number of ether oxygens (including phenoxy) is 2. The summed E-state index contributed by atoms with van der Waals surface area (Å²) in [6.07, 6.45) is 6.35. The minimum Gasteiger partial charge on any atom is -0.497 e. The predicted molar refractivity (Wildman–Crippen MR) is 120 cm³/mol. The van der Waals surface area contributed by atoms with E-state index in [0.29, 0.717) is 22.7 Å². The zero-order valence-corrected chi connectivity index (χ0v) is 18.3. The van der Waals surface area contributed by atoms with Crippen molar-refractivity contribution in [3.8, 4) is 11.5 Å². The van der Waals surface area contributed by atoms with Gasteiger partial charge in [-0.1, -0.05) is 12.8 Å². The van der Waals surface area contributed by atoms with E-state index in [0.717, 1.165) is 46.8 Å². The lowest BCUT2D eigenvalue weighted by Gasteiger charge is -2.22. The van der Waals surface area contributed by atoms with Crippen molar-refractivity contribution in [2.24, 2.45) is 0 Å². The molecule has 30 heavy (non-hydrogen) atoms. The van der Waals surface area contributed by atoms with Crippen LogP contribution in [0.4, 0.5) is 11.5 Å². The molecule has 1 aliphatic heterocycles. The minimum atomic E-state index is -0.181. The Balaban J connectivity index is 1.73. The van der Waals surface area contributed by atoms with Gasteiger partial charge in [-0.2, -0.15) is 0 Å². The largest absolute Gasteiger partial charge is 0.497 e. The number of carbonyl (C=O) groups is 1. The molecule has 8 heteroatoms. The number of methoxy groups -OCH3 is 2. The molecule has 1 fully saturated rings. The molecule has 2 aromatic heterocycles. The monoisotopic (exact) mass is 426 g/mol. The molecule has 4 rings (SSSR count). The number of aryl methyl sites for hydroxylation is 1. The van der Waals surface area contributed by atoms with Crippen molar-refractivity contribution in [3.05, 3.63) is 35.0 Å². The molecule has 1 aromatic carbocycles. The molecule has 0 spiro atoms. The first-order valence-electron chi connectivity index (χ1n) is 10.1. The van der Waals surface area contributed by atoms with Gasteiger partial charge >= 0.3 is 0 Å². The molecule has 7 nitrogen and oxygen atoms in total. The first-order valence-corrected chi connectivity index (χ1v) is 11.0. The van der Waals surface area contributed by atoms with Crippen LogP contribution in [0.5, 0.6) is 11.5 Å². The molecule has 0 aliphatic carbocycles. The van der Waals surface area contributed by atoms with Gasteiger partial charge in [-0.3, -0.25) is 4.79 Å². The molecule has 0 unspecified atom stereocenters. The molecule has 1 saturated heterocycles. The Hall–Kier alpha value is -2.87. The fraction of sp³-hybridized carbons (Fsp3) is 0.409. The highest BCUT2D eigenvalue weighted by atomic mass is 32.1. The number of benzene rings is 1. The summed E-state index contributed by atoms with van der Waals surface area (Å²) in [4.78, 5) is 26.5. The molecule has 3 heterocycles. The fourth-order valence-electron chi connectivity index (χ4n) is 3.90. The lowest BCUT2D eigenvalue weighted by atomic mass is 10.1. The highest BCUT2D eigenvalue weighted by molar-refractivity contribution is 7.19. The quantitative estimate of drug-likeness (QED) is 0.640. The van der Waals surface area contributed by atoms with Gasteiger partial charge in [0.05, 0.1) is 25.2 Å². The number of aromatic nitrogens is 2. The maximum atomic E-state index is 13.4. The second-order valence-corrected chi connectivity index (χ2v) is 8.57. The maximum Gasteiger partial charge on any atom is 0.257 e. The van der Waals surface area contributed by atoms with Gasteiger partial charge in [0.2, 0.25) is 0 Å². The van der Waals surface area contributed by atoms with E-state index in [1.165, 1.54) is 24.2 Å². The van der Waals surface area contributed by atoms with E-state index in [4.69, 9.17) is 9.47 Å². The van der Waals surface area contributed by atoms with Crippen LogP contribution in [0.1, 0.15) is 40.9 Å². The van der Waals surface area contributed by atoms with Crippen molar-refractivity contribution >= 4 is 39.0 Å². The lowest BCUT2D eigenvalue weighted by Crippen LogP contribution is -2.25. The molecule has 158 valence electrons.